The smallest absolute Gasteiger partial charge is 0.306 e. The van der Waals surface area contributed by atoms with Crippen molar-refractivity contribution in [2.45, 2.75) is 300 Å². The highest BCUT2D eigenvalue weighted by atomic mass is 16.7. The number of aliphatic hydroxyl groups is 7. The number of carbonyl (C=O) groups excluding carboxylic acids is 2. The standard InChI is InChI=1S/C55H102O15/c1-3-5-7-9-11-13-15-17-19-20-21-22-24-25-27-29-31-33-35-37-46(57)65-40-43(68-47(58)38-36-34-32-30-28-26-23-18-16-14-12-10-8-6-4-2)41-66-54-53(64)51(62)49(60)45(70-54)42-67-55-52(63)50(61)48(59)44(39-56)69-55/h28,30,43-45,48-56,59-64H,3-27,29,31-42H2,1-2H3/b30-28+/t43-,44+,45+,48-,49-,50?,51?,52?,53?,54+,55+/m0/s1. The van der Waals surface area contributed by atoms with Gasteiger partial charge in [0.2, 0.25) is 0 Å². The van der Waals surface area contributed by atoms with Gasteiger partial charge in [0.15, 0.2) is 18.7 Å². The van der Waals surface area contributed by atoms with E-state index in [0.29, 0.717) is 12.8 Å². The van der Waals surface area contributed by atoms with Crippen molar-refractivity contribution in [1.82, 2.24) is 0 Å². The maximum atomic E-state index is 13.0. The van der Waals surface area contributed by atoms with E-state index in [-0.39, 0.29) is 26.1 Å². The van der Waals surface area contributed by atoms with E-state index in [4.69, 9.17) is 28.4 Å². The topological polar surface area (TPSA) is 231 Å². The lowest BCUT2D eigenvalue weighted by Crippen LogP contribution is -2.61. The summed E-state index contributed by atoms with van der Waals surface area (Å²) in [5.41, 5.74) is 0. The van der Waals surface area contributed by atoms with Crippen molar-refractivity contribution in [2.24, 2.45) is 0 Å². The second-order valence-electron chi connectivity index (χ2n) is 20.1. The molecule has 2 aliphatic heterocycles. The third kappa shape index (κ3) is 29.8. The first-order valence-corrected chi connectivity index (χ1v) is 28.3. The van der Waals surface area contributed by atoms with Crippen LogP contribution in [0.15, 0.2) is 12.2 Å². The van der Waals surface area contributed by atoms with Gasteiger partial charge in [-0.15, -0.1) is 0 Å². The molecule has 2 fully saturated rings. The molecule has 4 unspecified atom stereocenters. The molecule has 0 bridgehead atoms. The van der Waals surface area contributed by atoms with Crippen LogP contribution in [-0.2, 0) is 38.0 Å². The number of esters is 2. The molecule has 2 aliphatic rings. The minimum absolute atomic E-state index is 0.140. The first kappa shape index (κ1) is 64.4. The number of hydrogen-bond donors (Lipinski definition) is 7. The van der Waals surface area contributed by atoms with Crippen molar-refractivity contribution >= 4 is 11.9 Å². The zero-order valence-electron chi connectivity index (χ0n) is 43.8. The van der Waals surface area contributed by atoms with Gasteiger partial charge >= 0.3 is 11.9 Å². The van der Waals surface area contributed by atoms with Crippen LogP contribution in [0.4, 0.5) is 0 Å². The van der Waals surface area contributed by atoms with E-state index in [1.54, 1.807) is 0 Å². The van der Waals surface area contributed by atoms with Gasteiger partial charge in [0.1, 0.15) is 55.4 Å². The summed E-state index contributed by atoms with van der Waals surface area (Å²) in [7, 11) is 0. The van der Waals surface area contributed by atoms with Gasteiger partial charge in [-0.05, 0) is 38.5 Å². The molecule has 0 radical (unpaired) electrons. The summed E-state index contributed by atoms with van der Waals surface area (Å²) in [6.45, 7) is 2.61. The second-order valence-corrected chi connectivity index (χ2v) is 20.1. The summed E-state index contributed by atoms with van der Waals surface area (Å²) in [5, 5.41) is 72.2. The van der Waals surface area contributed by atoms with Gasteiger partial charge < -0.3 is 64.2 Å². The molecule has 7 N–H and O–H groups in total. The number of ether oxygens (including phenoxy) is 6. The Bertz CT molecular complexity index is 1270. The number of hydrogen-bond acceptors (Lipinski definition) is 15. The van der Waals surface area contributed by atoms with Gasteiger partial charge in [-0.3, -0.25) is 9.59 Å². The van der Waals surface area contributed by atoms with Gasteiger partial charge in [-0.1, -0.05) is 193 Å². The molecule has 15 nitrogen and oxygen atoms in total. The van der Waals surface area contributed by atoms with E-state index < -0.39 is 92.7 Å². The number of rotatable bonds is 45. The largest absolute Gasteiger partial charge is 0.462 e. The fraction of sp³-hybridized carbons (Fsp3) is 0.927. The maximum absolute atomic E-state index is 13.0. The fourth-order valence-electron chi connectivity index (χ4n) is 9.10. The summed E-state index contributed by atoms with van der Waals surface area (Å²) in [5.74, 6) is -0.936. The van der Waals surface area contributed by atoms with Crippen LogP contribution in [0.2, 0.25) is 0 Å². The molecular weight excluding hydrogens is 901 g/mol. The fourth-order valence-corrected chi connectivity index (χ4v) is 9.10. The Balaban J connectivity index is 1.76. The van der Waals surface area contributed by atoms with Crippen LogP contribution in [-0.4, -0.2) is 142 Å². The van der Waals surface area contributed by atoms with Crippen molar-refractivity contribution in [2.75, 3.05) is 26.4 Å². The summed E-state index contributed by atoms with van der Waals surface area (Å²) in [6.07, 6.45) is 26.7. The Labute approximate surface area is 422 Å². The van der Waals surface area contributed by atoms with E-state index in [0.717, 1.165) is 38.5 Å². The van der Waals surface area contributed by atoms with E-state index in [1.165, 1.54) is 154 Å². The average Bonchev–Trinajstić information content (AvgIpc) is 3.35. The SMILES string of the molecule is CCCCCCCCCCC/C=C/CCCCC(=O)O[C@@H](COC(=O)CCCCCCCCCCCCCCCCCCCCC)CO[C@@H]1O[C@H](CO[C@@H]2O[C@H](CO)[C@H](O)C(O)C2O)[C@H](O)C(O)C1O. The molecule has 0 aromatic rings. The third-order valence-corrected chi connectivity index (χ3v) is 13.7. The molecule has 0 aliphatic carbocycles. The molecule has 0 aromatic carbocycles. The summed E-state index contributed by atoms with van der Waals surface area (Å²) in [4.78, 5) is 25.8. The van der Waals surface area contributed by atoms with Crippen molar-refractivity contribution in [3.05, 3.63) is 12.2 Å². The number of allylic oxidation sites excluding steroid dienone is 2. The maximum Gasteiger partial charge on any atom is 0.306 e. The van der Waals surface area contributed by atoms with E-state index >= 15 is 0 Å². The molecule has 11 atom stereocenters. The Morgan fingerprint density at radius 1 is 0.443 bits per heavy atom. The molecule has 2 rings (SSSR count). The minimum atomic E-state index is -1.76. The Morgan fingerprint density at radius 2 is 0.814 bits per heavy atom. The van der Waals surface area contributed by atoms with Crippen LogP contribution < -0.4 is 0 Å². The Hall–Kier alpha value is -1.76. The summed E-state index contributed by atoms with van der Waals surface area (Å²) >= 11 is 0. The van der Waals surface area contributed by atoms with E-state index in [1.807, 2.05) is 0 Å². The van der Waals surface area contributed by atoms with Gasteiger partial charge in [0.25, 0.3) is 0 Å². The van der Waals surface area contributed by atoms with Crippen molar-refractivity contribution in [3.8, 4) is 0 Å². The Morgan fingerprint density at radius 3 is 1.29 bits per heavy atom. The third-order valence-electron chi connectivity index (χ3n) is 13.7. The molecule has 2 saturated heterocycles. The van der Waals surface area contributed by atoms with Gasteiger partial charge in [-0.25, -0.2) is 0 Å². The van der Waals surface area contributed by atoms with Crippen LogP contribution >= 0.6 is 0 Å². The van der Waals surface area contributed by atoms with Gasteiger partial charge in [0.05, 0.1) is 19.8 Å². The lowest BCUT2D eigenvalue weighted by Gasteiger charge is -2.42. The number of unbranched alkanes of at least 4 members (excludes halogenated alkanes) is 29. The zero-order chi connectivity index (χ0) is 51.0. The quantitative estimate of drug-likeness (QED) is 0.0172. The Kier molecular flexibility index (Phi) is 39.1. The zero-order valence-corrected chi connectivity index (χ0v) is 43.8. The predicted molar refractivity (Wildman–Crippen MR) is 271 cm³/mol. The van der Waals surface area contributed by atoms with Crippen molar-refractivity contribution in [3.63, 3.8) is 0 Å². The number of carbonyl (C=O) groups is 2. The summed E-state index contributed by atoms with van der Waals surface area (Å²) in [6, 6.07) is 0. The molecule has 2 heterocycles. The molecule has 15 heteroatoms. The first-order chi connectivity index (χ1) is 34.0. The van der Waals surface area contributed by atoms with Gasteiger partial charge in [0, 0.05) is 12.8 Å². The average molecular weight is 1000 g/mol. The first-order valence-electron chi connectivity index (χ1n) is 28.3. The van der Waals surface area contributed by atoms with Crippen LogP contribution in [0.25, 0.3) is 0 Å². The van der Waals surface area contributed by atoms with Crippen LogP contribution in [0, 0.1) is 0 Å². The van der Waals surface area contributed by atoms with Crippen LogP contribution in [0.1, 0.15) is 232 Å². The molecule has 412 valence electrons. The molecule has 0 amide bonds. The molecule has 70 heavy (non-hydrogen) atoms. The molecule has 0 spiro atoms. The second kappa shape index (κ2) is 42.6. The normalized spacial score (nSPS) is 25.4. The molecule has 0 aromatic heterocycles. The van der Waals surface area contributed by atoms with Crippen molar-refractivity contribution in [1.29, 1.82) is 0 Å². The summed E-state index contributed by atoms with van der Waals surface area (Å²) < 4.78 is 33.6. The minimum Gasteiger partial charge on any atom is -0.462 e. The highest BCUT2D eigenvalue weighted by Gasteiger charge is 2.47. The van der Waals surface area contributed by atoms with Crippen molar-refractivity contribution < 1.29 is 73.8 Å². The highest BCUT2D eigenvalue weighted by Crippen LogP contribution is 2.27. The van der Waals surface area contributed by atoms with Crippen LogP contribution in [0.5, 0.6) is 0 Å². The molecule has 0 saturated carbocycles. The monoisotopic (exact) mass is 1000 g/mol. The van der Waals surface area contributed by atoms with Crippen LogP contribution in [0.3, 0.4) is 0 Å². The molecular formula is C55H102O15. The van der Waals surface area contributed by atoms with E-state index in [9.17, 15) is 45.3 Å². The van der Waals surface area contributed by atoms with E-state index in [2.05, 4.69) is 26.0 Å². The highest BCUT2D eigenvalue weighted by molar-refractivity contribution is 5.70. The van der Waals surface area contributed by atoms with Gasteiger partial charge in [-0.2, -0.15) is 0 Å². The lowest BCUT2D eigenvalue weighted by atomic mass is 9.98. The predicted octanol–water partition coefficient (Wildman–Crippen LogP) is 8.94. The number of aliphatic hydroxyl groups excluding tert-OH is 7. The lowest BCUT2D eigenvalue weighted by molar-refractivity contribution is -0.332.